The number of carbonyl (C=O) groups excluding carboxylic acids is 2. The third kappa shape index (κ3) is 9.44. The van der Waals surface area contributed by atoms with Crippen molar-refractivity contribution in [2.75, 3.05) is 5.32 Å². The van der Waals surface area contributed by atoms with Crippen LogP contribution in [0.2, 0.25) is 0 Å². The Morgan fingerprint density at radius 1 is 0.846 bits per heavy atom. The first-order chi connectivity index (χ1) is 18.8. The Labute approximate surface area is 230 Å². The van der Waals surface area contributed by atoms with Gasteiger partial charge in [-0.05, 0) is 42.3 Å². The Balaban J connectivity index is 1.62. The lowest BCUT2D eigenvalue weighted by atomic mass is 10.1. The molecule has 3 aromatic carbocycles. The van der Waals surface area contributed by atoms with Gasteiger partial charge in [-0.1, -0.05) is 87.9 Å². The zero-order chi connectivity index (χ0) is 28.1. The molecule has 0 saturated heterocycles. The zero-order valence-corrected chi connectivity index (χ0v) is 23.0. The third-order valence-electron chi connectivity index (χ3n) is 6.14. The molecule has 3 aromatic rings. The standard InChI is InChI=1S/C30H36N2O6S/c1-2-3-4-5-6-7-11-18-29(34)32-39(36,37)28-17-13-12-16-25(28)31-30(35)24-19-20-26(33)27(21-24)38-22-23-14-9-8-10-15-23/h8-10,12-17,19-21,33H,2-7,11,18,22H2,1H3,(H,31,35)(H,32,34). The molecule has 2 amide bonds. The molecule has 3 rings (SSSR count). The highest BCUT2D eigenvalue weighted by Crippen LogP contribution is 2.29. The van der Waals surface area contributed by atoms with Gasteiger partial charge in [-0.25, -0.2) is 13.1 Å². The molecular formula is C30H36N2O6S. The SMILES string of the molecule is CCCCCCCCCC(=O)NS(=O)(=O)c1ccccc1NC(=O)c1ccc(O)c(OCc2ccccc2)c1. The maximum atomic E-state index is 13.0. The summed E-state index contributed by atoms with van der Waals surface area (Å²) in [4.78, 5) is 25.1. The number of sulfonamides is 1. The van der Waals surface area contributed by atoms with Gasteiger partial charge in [-0.2, -0.15) is 0 Å². The van der Waals surface area contributed by atoms with Crippen LogP contribution in [0, 0.1) is 0 Å². The normalized spacial score (nSPS) is 11.1. The van der Waals surface area contributed by atoms with Gasteiger partial charge in [0.1, 0.15) is 11.5 Å². The fourth-order valence-electron chi connectivity index (χ4n) is 4.00. The molecule has 0 unspecified atom stereocenters. The van der Waals surface area contributed by atoms with Gasteiger partial charge in [0.2, 0.25) is 5.91 Å². The van der Waals surface area contributed by atoms with Crippen molar-refractivity contribution in [2.45, 2.75) is 69.8 Å². The van der Waals surface area contributed by atoms with Crippen LogP contribution in [0.4, 0.5) is 5.69 Å². The molecule has 0 fully saturated rings. The highest BCUT2D eigenvalue weighted by molar-refractivity contribution is 7.90. The highest BCUT2D eigenvalue weighted by Gasteiger charge is 2.22. The zero-order valence-electron chi connectivity index (χ0n) is 22.2. The fraction of sp³-hybridized carbons (Fsp3) is 0.333. The average Bonchev–Trinajstić information content (AvgIpc) is 2.92. The lowest BCUT2D eigenvalue weighted by molar-refractivity contribution is -0.119. The Hall–Kier alpha value is -3.85. The molecule has 0 saturated carbocycles. The number of anilines is 1. The van der Waals surface area contributed by atoms with Crippen LogP contribution >= 0.6 is 0 Å². The third-order valence-corrected chi connectivity index (χ3v) is 7.57. The van der Waals surface area contributed by atoms with E-state index in [1.807, 2.05) is 30.3 Å². The Morgan fingerprint density at radius 2 is 1.51 bits per heavy atom. The summed E-state index contributed by atoms with van der Waals surface area (Å²) in [6, 6.07) is 19.4. The molecule has 0 atom stereocenters. The number of nitrogens with one attached hydrogen (secondary N) is 2. The smallest absolute Gasteiger partial charge is 0.266 e. The van der Waals surface area contributed by atoms with E-state index in [9.17, 15) is 23.1 Å². The number of aromatic hydroxyl groups is 1. The number of amides is 2. The van der Waals surface area contributed by atoms with Gasteiger partial charge >= 0.3 is 0 Å². The molecule has 0 bridgehead atoms. The maximum absolute atomic E-state index is 13.0. The molecule has 39 heavy (non-hydrogen) atoms. The quantitative estimate of drug-likeness (QED) is 0.194. The molecule has 0 aliphatic rings. The highest BCUT2D eigenvalue weighted by atomic mass is 32.2. The molecule has 0 aliphatic heterocycles. The lowest BCUT2D eigenvalue weighted by Crippen LogP contribution is -2.31. The first-order valence-corrected chi connectivity index (χ1v) is 14.7. The van der Waals surface area contributed by atoms with Crippen LogP contribution in [-0.2, 0) is 21.4 Å². The number of rotatable bonds is 15. The van der Waals surface area contributed by atoms with E-state index in [4.69, 9.17) is 4.74 Å². The van der Waals surface area contributed by atoms with Gasteiger partial charge < -0.3 is 15.2 Å². The molecule has 0 radical (unpaired) electrons. The Morgan fingerprint density at radius 3 is 2.26 bits per heavy atom. The van der Waals surface area contributed by atoms with Crippen molar-refractivity contribution in [1.29, 1.82) is 0 Å². The summed E-state index contributed by atoms with van der Waals surface area (Å²) in [6.07, 6.45) is 7.26. The minimum absolute atomic E-state index is 0.0264. The van der Waals surface area contributed by atoms with Crippen molar-refractivity contribution < 1.29 is 27.9 Å². The predicted octanol–water partition coefficient (Wildman–Crippen LogP) is 6.17. The fourth-order valence-corrected chi connectivity index (χ4v) is 5.18. The van der Waals surface area contributed by atoms with Gasteiger partial charge in [0.25, 0.3) is 15.9 Å². The second kappa shape index (κ2) is 14.9. The van der Waals surface area contributed by atoms with E-state index in [1.54, 1.807) is 6.07 Å². The van der Waals surface area contributed by atoms with Crippen molar-refractivity contribution in [3.63, 3.8) is 0 Å². The molecule has 0 heterocycles. The summed E-state index contributed by atoms with van der Waals surface area (Å²) >= 11 is 0. The van der Waals surface area contributed by atoms with E-state index in [-0.39, 0.29) is 40.7 Å². The second-order valence-corrected chi connectivity index (χ2v) is 11.0. The van der Waals surface area contributed by atoms with Crippen molar-refractivity contribution in [3.8, 4) is 11.5 Å². The summed E-state index contributed by atoms with van der Waals surface area (Å²) in [7, 11) is -4.21. The van der Waals surface area contributed by atoms with E-state index in [0.29, 0.717) is 6.42 Å². The minimum atomic E-state index is -4.21. The molecule has 3 N–H and O–H groups in total. The summed E-state index contributed by atoms with van der Waals surface area (Å²) in [5.41, 5.74) is 1.07. The van der Waals surface area contributed by atoms with Gasteiger partial charge in [0.05, 0.1) is 5.69 Å². The number of hydrogen-bond acceptors (Lipinski definition) is 6. The number of benzene rings is 3. The van der Waals surface area contributed by atoms with Crippen LogP contribution < -0.4 is 14.8 Å². The molecule has 0 aromatic heterocycles. The van der Waals surface area contributed by atoms with E-state index < -0.39 is 21.8 Å². The number of para-hydroxylation sites is 1. The summed E-state index contributed by atoms with van der Waals surface area (Å²) < 4.78 is 33.7. The van der Waals surface area contributed by atoms with Crippen LogP contribution in [0.3, 0.4) is 0 Å². The number of carbonyl (C=O) groups is 2. The minimum Gasteiger partial charge on any atom is -0.504 e. The predicted molar refractivity (Wildman–Crippen MR) is 151 cm³/mol. The summed E-state index contributed by atoms with van der Waals surface area (Å²) in [5.74, 6) is -1.20. The topological polar surface area (TPSA) is 122 Å². The van der Waals surface area contributed by atoms with Crippen LogP contribution in [0.5, 0.6) is 11.5 Å². The van der Waals surface area contributed by atoms with Gasteiger partial charge in [0.15, 0.2) is 11.5 Å². The molecule has 208 valence electrons. The van der Waals surface area contributed by atoms with E-state index in [1.165, 1.54) is 55.7 Å². The number of unbranched alkanes of at least 4 members (excludes halogenated alkanes) is 6. The van der Waals surface area contributed by atoms with E-state index >= 15 is 0 Å². The molecule has 9 heteroatoms. The van der Waals surface area contributed by atoms with Crippen LogP contribution in [0.1, 0.15) is 74.2 Å². The molecule has 0 spiro atoms. The van der Waals surface area contributed by atoms with Crippen molar-refractivity contribution in [3.05, 3.63) is 83.9 Å². The molecule has 8 nitrogen and oxygen atoms in total. The lowest BCUT2D eigenvalue weighted by Gasteiger charge is -2.14. The van der Waals surface area contributed by atoms with Crippen molar-refractivity contribution in [1.82, 2.24) is 4.72 Å². The first kappa shape index (κ1) is 29.7. The van der Waals surface area contributed by atoms with Crippen molar-refractivity contribution >= 4 is 27.5 Å². The van der Waals surface area contributed by atoms with Crippen LogP contribution in [-0.4, -0.2) is 25.3 Å². The van der Waals surface area contributed by atoms with Gasteiger partial charge in [-0.3, -0.25) is 9.59 Å². The Kier molecular flexibility index (Phi) is 11.4. The van der Waals surface area contributed by atoms with Crippen molar-refractivity contribution in [2.24, 2.45) is 0 Å². The maximum Gasteiger partial charge on any atom is 0.266 e. The number of ether oxygens (including phenoxy) is 1. The van der Waals surface area contributed by atoms with E-state index in [0.717, 1.165) is 24.8 Å². The number of hydrogen-bond donors (Lipinski definition) is 3. The average molecular weight is 553 g/mol. The monoisotopic (exact) mass is 552 g/mol. The van der Waals surface area contributed by atoms with E-state index in [2.05, 4.69) is 17.0 Å². The second-order valence-electron chi connectivity index (χ2n) is 9.31. The summed E-state index contributed by atoms with van der Waals surface area (Å²) in [5, 5.41) is 12.8. The Bertz CT molecular complexity index is 1340. The van der Waals surface area contributed by atoms with Gasteiger partial charge in [0, 0.05) is 12.0 Å². The largest absolute Gasteiger partial charge is 0.504 e. The number of phenols is 1. The first-order valence-electron chi connectivity index (χ1n) is 13.3. The molecule has 0 aliphatic carbocycles. The molecular weight excluding hydrogens is 516 g/mol. The van der Waals surface area contributed by atoms with Gasteiger partial charge in [-0.15, -0.1) is 0 Å². The van der Waals surface area contributed by atoms with Crippen LogP contribution in [0.15, 0.2) is 77.7 Å². The van der Waals surface area contributed by atoms with Crippen LogP contribution in [0.25, 0.3) is 0 Å². The number of phenolic OH excluding ortho intramolecular Hbond substituents is 1. The summed E-state index contributed by atoms with van der Waals surface area (Å²) in [6.45, 7) is 2.35.